The van der Waals surface area contributed by atoms with Gasteiger partial charge in [0.2, 0.25) is 0 Å². The molecular formula is C13H21NO2S. The van der Waals surface area contributed by atoms with Crippen LogP contribution in [-0.2, 0) is 22.1 Å². The topological polar surface area (TPSA) is 60.2 Å². The molecule has 3 nitrogen and oxygen atoms in total. The lowest BCUT2D eigenvalue weighted by atomic mass is 10.1. The predicted molar refractivity (Wildman–Crippen MR) is 71.3 cm³/mol. The molecule has 1 rings (SSSR count). The standard InChI is InChI=1S/C13H21NO2S/c1-10(2)11(3)17(15,16)9-13-7-5-4-6-12(13)8-14/h4-7,10-11H,8-9,14H2,1-3H3. The van der Waals surface area contributed by atoms with Crippen molar-refractivity contribution >= 4 is 9.84 Å². The Labute approximate surface area is 104 Å². The van der Waals surface area contributed by atoms with E-state index in [1.807, 2.05) is 38.1 Å². The zero-order valence-electron chi connectivity index (χ0n) is 10.7. The van der Waals surface area contributed by atoms with Crippen LogP contribution in [0, 0.1) is 5.92 Å². The first-order valence-corrected chi connectivity index (χ1v) is 7.58. The summed E-state index contributed by atoms with van der Waals surface area (Å²) in [7, 11) is -3.10. The Kier molecular flexibility index (Phi) is 4.71. The minimum Gasteiger partial charge on any atom is -0.326 e. The lowest BCUT2D eigenvalue weighted by Gasteiger charge is -2.17. The van der Waals surface area contributed by atoms with Gasteiger partial charge in [-0.05, 0) is 24.0 Å². The van der Waals surface area contributed by atoms with Gasteiger partial charge in [0.1, 0.15) is 0 Å². The van der Waals surface area contributed by atoms with Crippen molar-refractivity contribution in [3.05, 3.63) is 35.4 Å². The van der Waals surface area contributed by atoms with Crippen molar-refractivity contribution in [3.63, 3.8) is 0 Å². The SMILES string of the molecule is CC(C)C(C)S(=O)(=O)Cc1ccccc1CN. The van der Waals surface area contributed by atoms with E-state index in [2.05, 4.69) is 0 Å². The van der Waals surface area contributed by atoms with Crippen LogP contribution < -0.4 is 5.73 Å². The van der Waals surface area contributed by atoms with E-state index in [-0.39, 0.29) is 16.9 Å². The molecule has 0 radical (unpaired) electrons. The van der Waals surface area contributed by atoms with Crippen molar-refractivity contribution in [1.82, 2.24) is 0 Å². The van der Waals surface area contributed by atoms with Crippen molar-refractivity contribution in [2.75, 3.05) is 0 Å². The number of hydrogen-bond donors (Lipinski definition) is 1. The molecule has 96 valence electrons. The first kappa shape index (κ1) is 14.2. The summed E-state index contributed by atoms with van der Waals surface area (Å²) in [5.41, 5.74) is 7.34. The first-order chi connectivity index (χ1) is 7.88. The van der Waals surface area contributed by atoms with Crippen LogP contribution in [0.4, 0.5) is 0 Å². The maximum absolute atomic E-state index is 12.2. The maximum Gasteiger partial charge on any atom is 0.157 e. The van der Waals surface area contributed by atoms with Gasteiger partial charge in [0.25, 0.3) is 0 Å². The number of nitrogens with two attached hydrogens (primary N) is 1. The van der Waals surface area contributed by atoms with Gasteiger partial charge in [-0.25, -0.2) is 8.42 Å². The van der Waals surface area contributed by atoms with Crippen LogP contribution in [0.15, 0.2) is 24.3 Å². The summed E-state index contributed by atoms with van der Waals surface area (Å²) in [6.07, 6.45) is 0. The Bertz CT molecular complexity index is 466. The molecule has 0 spiro atoms. The van der Waals surface area contributed by atoms with Crippen LogP contribution >= 0.6 is 0 Å². The van der Waals surface area contributed by atoms with Gasteiger partial charge in [0, 0.05) is 6.54 Å². The third kappa shape index (κ3) is 3.54. The van der Waals surface area contributed by atoms with E-state index in [0.717, 1.165) is 11.1 Å². The van der Waals surface area contributed by atoms with Gasteiger partial charge < -0.3 is 5.73 Å². The normalized spacial score (nSPS) is 13.9. The Morgan fingerprint density at radius 2 is 1.65 bits per heavy atom. The maximum atomic E-state index is 12.2. The van der Waals surface area contributed by atoms with Crippen LogP contribution in [0.2, 0.25) is 0 Å². The second-order valence-electron chi connectivity index (χ2n) is 4.73. The summed E-state index contributed by atoms with van der Waals surface area (Å²) in [6.45, 7) is 6.00. The Morgan fingerprint density at radius 3 is 2.12 bits per heavy atom. The summed E-state index contributed by atoms with van der Waals surface area (Å²) < 4.78 is 24.3. The van der Waals surface area contributed by atoms with Gasteiger partial charge in [-0.15, -0.1) is 0 Å². The third-order valence-corrected chi connectivity index (χ3v) is 5.59. The zero-order valence-corrected chi connectivity index (χ0v) is 11.5. The summed E-state index contributed by atoms with van der Waals surface area (Å²) in [5, 5.41) is -0.326. The van der Waals surface area contributed by atoms with Gasteiger partial charge in [-0.3, -0.25) is 0 Å². The third-order valence-electron chi connectivity index (χ3n) is 3.20. The minimum atomic E-state index is -3.10. The van der Waals surface area contributed by atoms with E-state index in [0.29, 0.717) is 6.54 Å². The number of rotatable bonds is 5. The number of benzene rings is 1. The van der Waals surface area contributed by atoms with E-state index in [9.17, 15) is 8.42 Å². The fourth-order valence-corrected chi connectivity index (χ4v) is 3.47. The smallest absolute Gasteiger partial charge is 0.157 e. The summed E-state index contributed by atoms with van der Waals surface area (Å²) >= 11 is 0. The molecule has 1 aromatic rings. The molecule has 0 aliphatic carbocycles. The molecule has 0 saturated heterocycles. The van der Waals surface area contributed by atoms with Crippen LogP contribution in [0.3, 0.4) is 0 Å². The molecule has 0 saturated carbocycles. The van der Waals surface area contributed by atoms with Crippen molar-refractivity contribution in [3.8, 4) is 0 Å². The van der Waals surface area contributed by atoms with Crippen molar-refractivity contribution in [1.29, 1.82) is 0 Å². The molecule has 0 aliphatic rings. The molecule has 0 amide bonds. The van der Waals surface area contributed by atoms with E-state index in [1.54, 1.807) is 6.92 Å². The largest absolute Gasteiger partial charge is 0.326 e. The van der Waals surface area contributed by atoms with Gasteiger partial charge >= 0.3 is 0 Å². The van der Waals surface area contributed by atoms with E-state index >= 15 is 0 Å². The highest BCUT2D eigenvalue weighted by Gasteiger charge is 2.24. The average molecular weight is 255 g/mol. The molecule has 0 heterocycles. The Balaban J connectivity index is 2.98. The molecule has 1 unspecified atom stereocenters. The molecule has 2 N–H and O–H groups in total. The van der Waals surface area contributed by atoms with E-state index < -0.39 is 9.84 Å². The highest BCUT2D eigenvalue weighted by Crippen LogP contribution is 2.19. The van der Waals surface area contributed by atoms with Gasteiger partial charge in [-0.2, -0.15) is 0 Å². The molecule has 0 fully saturated rings. The average Bonchev–Trinajstić information content (AvgIpc) is 2.28. The highest BCUT2D eigenvalue weighted by atomic mass is 32.2. The Hall–Kier alpha value is -0.870. The van der Waals surface area contributed by atoms with Crippen molar-refractivity contribution < 1.29 is 8.42 Å². The monoisotopic (exact) mass is 255 g/mol. The molecular weight excluding hydrogens is 234 g/mol. The van der Waals surface area contributed by atoms with Gasteiger partial charge in [0.05, 0.1) is 11.0 Å². The molecule has 1 atom stereocenters. The number of sulfone groups is 1. The zero-order chi connectivity index (χ0) is 13.1. The lowest BCUT2D eigenvalue weighted by Crippen LogP contribution is -2.25. The fraction of sp³-hybridized carbons (Fsp3) is 0.538. The second kappa shape index (κ2) is 5.65. The fourth-order valence-electron chi connectivity index (χ4n) is 1.66. The summed E-state index contributed by atoms with van der Waals surface area (Å²) in [5.74, 6) is 0.213. The molecule has 0 aliphatic heterocycles. The van der Waals surface area contributed by atoms with Gasteiger partial charge in [0.15, 0.2) is 9.84 Å². The van der Waals surface area contributed by atoms with E-state index in [4.69, 9.17) is 5.73 Å². The lowest BCUT2D eigenvalue weighted by molar-refractivity contribution is 0.545. The van der Waals surface area contributed by atoms with Crippen LogP contribution in [0.1, 0.15) is 31.9 Å². The summed E-state index contributed by atoms with van der Waals surface area (Å²) in [4.78, 5) is 0. The molecule has 4 heteroatoms. The summed E-state index contributed by atoms with van der Waals surface area (Å²) in [6, 6.07) is 7.45. The second-order valence-corrected chi connectivity index (χ2v) is 7.09. The van der Waals surface area contributed by atoms with Crippen molar-refractivity contribution in [2.45, 2.75) is 38.3 Å². The first-order valence-electron chi connectivity index (χ1n) is 5.87. The van der Waals surface area contributed by atoms with Crippen molar-refractivity contribution in [2.24, 2.45) is 11.7 Å². The quantitative estimate of drug-likeness (QED) is 0.876. The van der Waals surface area contributed by atoms with Crippen LogP contribution in [0.5, 0.6) is 0 Å². The minimum absolute atomic E-state index is 0.0831. The molecule has 1 aromatic carbocycles. The predicted octanol–water partition coefficient (Wildman–Crippen LogP) is 2.10. The van der Waals surface area contributed by atoms with E-state index in [1.165, 1.54) is 0 Å². The molecule has 0 aromatic heterocycles. The van der Waals surface area contributed by atoms with Crippen LogP contribution in [0.25, 0.3) is 0 Å². The molecule has 0 bridgehead atoms. The van der Waals surface area contributed by atoms with Crippen LogP contribution in [-0.4, -0.2) is 13.7 Å². The molecule has 17 heavy (non-hydrogen) atoms. The van der Waals surface area contributed by atoms with Gasteiger partial charge in [-0.1, -0.05) is 38.1 Å². The Morgan fingerprint density at radius 1 is 1.12 bits per heavy atom. The highest BCUT2D eigenvalue weighted by molar-refractivity contribution is 7.91. The number of hydrogen-bond acceptors (Lipinski definition) is 3.